The highest BCUT2D eigenvalue weighted by Gasteiger charge is 2.24. The van der Waals surface area contributed by atoms with Crippen molar-refractivity contribution in [3.8, 4) is 0 Å². The van der Waals surface area contributed by atoms with Crippen molar-refractivity contribution in [1.29, 1.82) is 0 Å². The van der Waals surface area contributed by atoms with Crippen LogP contribution in [0.15, 0.2) is 24.3 Å². The van der Waals surface area contributed by atoms with E-state index in [4.69, 9.17) is 9.72 Å². The summed E-state index contributed by atoms with van der Waals surface area (Å²) >= 11 is 0. The molecule has 1 fully saturated rings. The second-order valence-corrected chi connectivity index (χ2v) is 9.69. The van der Waals surface area contributed by atoms with Crippen molar-refractivity contribution in [1.82, 2.24) is 14.9 Å². The molecular weight excluding hydrogens is 388 g/mol. The van der Waals surface area contributed by atoms with Gasteiger partial charge in [0, 0.05) is 50.4 Å². The Hall–Kier alpha value is -2.02. The molecule has 0 unspecified atom stereocenters. The van der Waals surface area contributed by atoms with Gasteiger partial charge in [0.2, 0.25) is 0 Å². The third kappa shape index (κ3) is 6.99. The molecule has 1 aromatic carbocycles. The van der Waals surface area contributed by atoms with Gasteiger partial charge in [-0.25, -0.2) is 9.97 Å². The summed E-state index contributed by atoms with van der Waals surface area (Å²) in [4.78, 5) is 14.2. The number of rotatable bonds is 7. The lowest BCUT2D eigenvalue weighted by Crippen LogP contribution is -2.50. The van der Waals surface area contributed by atoms with Crippen molar-refractivity contribution in [3.63, 3.8) is 0 Å². The van der Waals surface area contributed by atoms with Gasteiger partial charge in [-0.2, -0.15) is 0 Å². The zero-order chi connectivity index (χ0) is 22.6. The molecule has 1 aromatic heterocycles. The summed E-state index contributed by atoms with van der Waals surface area (Å²) < 4.78 is 5.73. The number of ether oxygens (including phenoxy) is 1. The van der Waals surface area contributed by atoms with Crippen molar-refractivity contribution in [2.75, 3.05) is 44.2 Å². The van der Waals surface area contributed by atoms with E-state index in [1.807, 2.05) is 27.7 Å². The Morgan fingerprint density at radius 3 is 2.26 bits per heavy atom. The summed E-state index contributed by atoms with van der Waals surface area (Å²) in [5.74, 6) is 1.87. The van der Waals surface area contributed by atoms with Crippen molar-refractivity contribution in [2.24, 2.45) is 0 Å². The van der Waals surface area contributed by atoms with E-state index >= 15 is 0 Å². The average Bonchev–Trinajstić information content (AvgIpc) is 2.70. The van der Waals surface area contributed by atoms with Crippen LogP contribution in [0.2, 0.25) is 0 Å². The van der Waals surface area contributed by atoms with Crippen LogP contribution in [0.4, 0.5) is 5.82 Å². The predicted molar refractivity (Wildman–Crippen MR) is 126 cm³/mol. The van der Waals surface area contributed by atoms with E-state index in [0.29, 0.717) is 13.2 Å². The number of piperazine rings is 1. The summed E-state index contributed by atoms with van der Waals surface area (Å²) in [5.41, 5.74) is 4.59. The van der Waals surface area contributed by atoms with Crippen LogP contribution < -0.4 is 4.90 Å². The number of anilines is 1. The van der Waals surface area contributed by atoms with Gasteiger partial charge in [0.05, 0.1) is 18.3 Å². The molecule has 0 amide bonds. The Morgan fingerprint density at radius 2 is 1.65 bits per heavy atom. The lowest BCUT2D eigenvalue weighted by atomic mass is 10.0. The zero-order valence-corrected chi connectivity index (χ0v) is 20.0. The molecule has 31 heavy (non-hydrogen) atoms. The lowest BCUT2D eigenvalue weighted by Gasteiger charge is -2.37. The van der Waals surface area contributed by atoms with Crippen LogP contribution in [0.1, 0.15) is 49.0 Å². The number of benzene rings is 1. The monoisotopic (exact) mass is 426 g/mol. The van der Waals surface area contributed by atoms with Gasteiger partial charge in [-0.1, -0.05) is 29.8 Å². The maximum Gasteiger partial charge on any atom is 0.136 e. The molecule has 0 spiro atoms. The summed E-state index contributed by atoms with van der Waals surface area (Å²) in [5, 5.41) is 10.3. The van der Waals surface area contributed by atoms with E-state index in [0.717, 1.165) is 49.9 Å². The fourth-order valence-electron chi connectivity index (χ4n) is 3.94. The summed E-state index contributed by atoms with van der Waals surface area (Å²) in [6.45, 7) is 16.8. The predicted octanol–water partition coefficient (Wildman–Crippen LogP) is 3.29. The van der Waals surface area contributed by atoms with E-state index in [-0.39, 0.29) is 5.60 Å². The second-order valence-electron chi connectivity index (χ2n) is 9.69. The first-order chi connectivity index (χ1) is 14.6. The zero-order valence-electron chi connectivity index (χ0n) is 20.0. The molecule has 1 aliphatic heterocycles. The van der Waals surface area contributed by atoms with Gasteiger partial charge < -0.3 is 14.7 Å². The minimum absolute atomic E-state index is 0.226. The summed E-state index contributed by atoms with van der Waals surface area (Å²) in [6, 6.07) is 8.70. The van der Waals surface area contributed by atoms with E-state index in [9.17, 15) is 5.11 Å². The first-order valence-corrected chi connectivity index (χ1v) is 11.3. The first-order valence-electron chi connectivity index (χ1n) is 11.3. The van der Waals surface area contributed by atoms with Gasteiger partial charge in [0.15, 0.2) is 0 Å². The maximum atomic E-state index is 10.3. The fraction of sp³-hybridized carbons (Fsp3) is 0.600. The Bertz CT molecular complexity index is 853. The third-order valence-corrected chi connectivity index (χ3v) is 5.65. The number of aryl methyl sites for hydroxylation is 3. The van der Waals surface area contributed by atoms with E-state index in [1.54, 1.807) is 0 Å². The van der Waals surface area contributed by atoms with Crippen LogP contribution in [-0.2, 0) is 11.2 Å². The van der Waals surface area contributed by atoms with Crippen molar-refractivity contribution < 1.29 is 9.84 Å². The second kappa shape index (κ2) is 10.1. The molecule has 2 aromatic rings. The Balaban J connectivity index is 1.65. The highest BCUT2D eigenvalue weighted by molar-refractivity contribution is 5.51. The highest BCUT2D eigenvalue weighted by atomic mass is 16.5. The van der Waals surface area contributed by atoms with Gasteiger partial charge in [-0.15, -0.1) is 0 Å². The number of aliphatic hydroxyl groups excluding tert-OH is 1. The van der Waals surface area contributed by atoms with Crippen LogP contribution in [0, 0.1) is 20.8 Å². The van der Waals surface area contributed by atoms with E-state index in [2.05, 4.69) is 52.9 Å². The summed E-state index contributed by atoms with van der Waals surface area (Å²) in [7, 11) is 0. The fourth-order valence-corrected chi connectivity index (χ4v) is 3.94. The molecule has 0 radical (unpaired) electrons. The topological polar surface area (TPSA) is 61.7 Å². The molecule has 3 rings (SSSR count). The third-order valence-electron chi connectivity index (χ3n) is 5.65. The first kappa shape index (κ1) is 23.6. The van der Waals surface area contributed by atoms with Crippen molar-refractivity contribution in [3.05, 3.63) is 52.5 Å². The largest absolute Gasteiger partial charge is 0.389 e. The number of aromatic nitrogens is 2. The standard InChI is InChI=1S/C25H38N4O2/c1-18-7-9-21(10-8-18)15-23-19(2)26-20(3)27-24(23)29-13-11-28(12-14-29)16-22(30)17-31-25(4,5)6/h7-10,22,30H,11-17H2,1-6H3/t22-/m0/s1. The molecular formula is C25H38N4O2. The average molecular weight is 427 g/mol. The minimum Gasteiger partial charge on any atom is -0.389 e. The molecule has 0 bridgehead atoms. The minimum atomic E-state index is -0.466. The molecule has 0 saturated carbocycles. The van der Waals surface area contributed by atoms with Gasteiger partial charge in [0.1, 0.15) is 11.6 Å². The Morgan fingerprint density at radius 1 is 1.00 bits per heavy atom. The van der Waals surface area contributed by atoms with Crippen LogP contribution in [0.3, 0.4) is 0 Å². The number of β-amino-alcohol motifs (C(OH)–C–C–N with tert-alkyl or cyclic N) is 1. The van der Waals surface area contributed by atoms with E-state index < -0.39 is 6.10 Å². The molecule has 1 saturated heterocycles. The molecule has 1 aliphatic rings. The molecule has 6 heteroatoms. The smallest absolute Gasteiger partial charge is 0.136 e. The van der Waals surface area contributed by atoms with Gasteiger partial charge >= 0.3 is 0 Å². The number of hydrogen-bond acceptors (Lipinski definition) is 6. The molecule has 170 valence electrons. The Labute approximate surface area is 187 Å². The molecule has 2 heterocycles. The van der Waals surface area contributed by atoms with Crippen LogP contribution in [0.5, 0.6) is 0 Å². The molecule has 1 atom stereocenters. The number of hydrogen-bond donors (Lipinski definition) is 1. The van der Waals surface area contributed by atoms with Crippen molar-refractivity contribution >= 4 is 5.82 Å². The van der Waals surface area contributed by atoms with Crippen LogP contribution in [0.25, 0.3) is 0 Å². The molecule has 0 aliphatic carbocycles. The quantitative estimate of drug-likeness (QED) is 0.733. The maximum absolute atomic E-state index is 10.3. The van der Waals surface area contributed by atoms with Gasteiger partial charge in [-0.3, -0.25) is 4.90 Å². The van der Waals surface area contributed by atoms with Gasteiger partial charge in [-0.05, 0) is 47.1 Å². The lowest BCUT2D eigenvalue weighted by molar-refractivity contribution is -0.0563. The number of aliphatic hydroxyl groups is 1. The Kier molecular flexibility index (Phi) is 7.68. The molecule has 6 nitrogen and oxygen atoms in total. The summed E-state index contributed by atoms with van der Waals surface area (Å²) in [6.07, 6.45) is 0.372. The van der Waals surface area contributed by atoms with Crippen molar-refractivity contribution in [2.45, 2.75) is 59.7 Å². The van der Waals surface area contributed by atoms with E-state index in [1.165, 1.54) is 16.7 Å². The highest BCUT2D eigenvalue weighted by Crippen LogP contribution is 2.25. The SMILES string of the molecule is Cc1ccc(Cc2c(C)nc(C)nc2N2CCN(C[C@H](O)COC(C)(C)C)CC2)cc1. The molecule has 1 N–H and O–H groups in total. The number of nitrogens with zero attached hydrogens (tertiary/aromatic N) is 4. The van der Waals surface area contributed by atoms with Gasteiger partial charge in [0.25, 0.3) is 0 Å². The normalized spacial score (nSPS) is 16.5. The van der Waals surface area contributed by atoms with Crippen LogP contribution in [-0.4, -0.2) is 71.0 Å². The van der Waals surface area contributed by atoms with Crippen LogP contribution >= 0.6 is 0 Å².